The van der Waals surface area contributed by atoms with Crippen molar-refractivity contribution in [1.29, 1.82) is 0 Å². The van der Waals surface area contributed by atoms with E-state index >= 15 is 0 Å². The predicted molar refractivity (Wildman–Crippen MR) is 376 cm³/mol. The first-order chi connectivity index (χ1) is 40.1. The van der Waals surface area contributed by atoms with E-state index in [0.717, 1.165) is 81.0 Å². The summed E-state index contributed by atoms with van der Waals surface area (Å²) in [5, 5.41) is 14.5. The van der Waals surface area contributed by atoms with E-state index in [1.165, 1.54) is 51.2 Å². The number of alkyl halides is 2. The minimum atomic E-state index is -6.19. The number of phenolic OH excluding ortho intramolecular Hbond substituents is 1. The molecule has 3 unspecified atom stereocenters. The van der Waals surface area contributed by atoms with Gasteiger partial charge in [-0.2, -0.15) is 8.78 Å². The maximum atomic E-state index is 13.0. The maximum absolute atomic E-state index is 13.0. The molecule has 8 bridgehead atoms. The Morgan fingerprint density at radius 2 is 0.915 bits per heavy atom. The summed E-state index contributed by atoms with van der Waals surface area (Å²) in [6, 6.07) is 33.2. The second-order valence-electron chi connectivity index (χ2n) is 27.2. The number of carbonyl (C=O) groups is 4. The van der Waals surface area contributed by atoms with Crippen molar-refractivity contribution >= 4 is 34.0 Å². The van der Waals surface area contributed by atoms with E-state index in [1.807, 2.05) is 46.8 Å². The lowest BCUT2D eigenvalue weighted by Gasteiger charge is -2.59. The van der Waals surface area contributed by atoms with Crippen LogP contribution in [0.25, 0.3) is 0 Å². The van der Waals surface area contributed by atoms with Gasteiger partial charge in [0, 0.05) is 6.42 Å². The Hall–Kier alpha value is -4.98. The highest BCUT2D eigenvalue weighted by molar-refractivity contribution is 7.87. The number of hydrogen-bond donors (Lipinski definition) is 2. The van der Waals surface area contributed by atoms with E-state index in [2.05, 4.69) is 93.1 Å². The number of hydrogen-bond acceptors (Lipinski definition) is 13. The summed E-state index contributed by atoms with van der Waals surface area (Å²) in [5.74, 6) is 1.68. The van der Waals surface area contributed by atoms with Crippen LogP contribution in [0.5, 0.6) is 17.2 Å². The molecule has 8 saturated carbocycles. The highest BCUT2D eigenvalue weighted by atomic mass is 127. The molecule has 12 rings (SSSR count). The summed E-state index contributed by atoms with van der Waals surface area (Å²) < 4.78 is 81.2. The van der Waals surface area contributed by atoms with Crippen molar-refractivity contribution in [3.8, 4) is 17.2 Å². The molecule has 17 heteroatoms. The van der Waals surface area contributed by atoms with Crippen LogP contribution in [0.4, 0.5) is 8.78 Å². The highest BCUT2D eigenvalue weighted by Crippen LogP contribution is 2.61. The first kappa shape index (κ1) is 93.2. The fraction of sp³-hybridized carbons (Fsp3) is 0.636. The molecule has 0 heterocycles. The van der Waals surface area contributed by atoms with E-state index in [0.29, 0.717) is 48.2 Å². The largest absolute Gasteiger partial charge is 0.743 e. The fourth-order valence-electron chi connectivity index (χ4n) is 12.9. The van der Waals surface area contributed by atoms with Crippen molar-refractivity contribution in [2.45, 2.75) is 267 Å². The van der Waals surface area contributed by atoms with Crippen LogP contribution in [-0.4, -0.2) is 69.1 Å². The van der Waals surface area contributed by atoms with Crippen molar-refractivity contribution < 1.29 is 91.3 Å². The molecule has 13 nitrogen and oxygen atoms in total. The fourth-order valence-corrected chi connectivity index (χ4v) is 15.4. The van der Waals surface area contributed by atoms with Crippen molar-refractivity contribution in [3.63, 3.8) is 0 Å². The van der Waals surface area contributed by atoms with Gasteiger partial charge in [0.25, 0.3) is 0 Å². The van der Waals surface area contributed by atoms with Crippen LogP contribution in [0.1, 0.15) is 250 Å². The number of carbonyl (C=O) groups excluding carboxylic acids is 4. The lowest BCUT2D eigenvalue weighted by atomic mass is 9.50. The van der Waals surface area contributed by atoms with Crippen LogP contribution < -0.4 is 30.7 Å². The van der Waals surface area contributed by atoms with Gasteiger partial charge in [-0.1, -0.05) is 143 Å². The topological polar surface area (TPSA) is 203 Å². The number of esters is 4. The van der Waals surface area contributed by atoms with Gasteiger partial charge in [0.05, 0.1) is 21.8 Å². The van der Waals surface area contributed by atoms with Gasteiger partial charge < -0.3 is 33.7 Å². The van der Waals surface area contributed by atoms with Gasteiger partial charge in [-0.15, -0.1) is 0 Å². The predicted octanol–water partition coefficient (Wildman–Crippen LogP) is 17.1. The molecule has 0 spiro atoms. The van der Waals surface area contributed by atoms with Gasteiger partial charge in [-0.25, -0.2) is 13.2 Å². The van der Waals surface area contributed by atoms with Crippen LogP contribution in [0.3, 0.4) is 0 Å². The second kappa shape index (κ2) is 38.2. The molecule has 94 heavy (non-hydrogen) atoms. The molecule has 2 N–H and O–H groups in total. The monoisotopic (exact) mass is 1450 g/mol. The average Bonchev–Trinajstić information content (AvgIpc) is 0.738. The lowest BCUT2D eigenvalue weighted by Crippen LogP contribution is -3.61. The summed E-state index contributed by atoms with van der Waals surface area (Å²) in [6.07, 6.45) is 15.6. The zero-order chi connectivity index (χ0) is 63.7. The van der Waals surface area contributed by atoms with Gasteiger partial charge in [-0.3, -0.25) is 14.4 Å². The van der Waals surface area contributed by atoms with E-state index < -0.39 is 49.5 Å². The van der Waals surface area contributed by atoms with E-state index in [-0.39, 0.29) is 115 Å². The number of aliphatic hydroxyl groups is 1. The van der Waals surface area contributed by atoms with Crippen molar-refractivity contribution in [3.05, 3.63) is 122 Å². The normalized spacial score (nSPS) is 24.0. The molecule has 538 valence electrons. The number of benzene rings is 4. The first-order valence-electron chi connectivity index (χ1n) is 30.7. The summed E-state index contributed by atoms with van der Waals surface area (Å²) in [5.41, 5.74) is -1.26. The number of rotatable bonds is 16. The quantitative estimate of drug-likeness (QED) is 0.0465. The van der Waals surface area contributed by atoms with Crippen LogP contribution in [0.2, 0.25) is 0 Å². The molecular formula is C77H125F2IO13S. The Balaban J connectivity index is -0.00000110. The van der Waals surface area contributed by atoms with E-state index in [1.54, 1.807) is 32.9 Å². The Bertz CT molecular complexity index is 2930. The molecule has 0 saturated heterocycles. The van der Waals surface area contributed by atoms with Gasteiger partial charge in [0.2, 0.25) is 0 Å². The number of aromatic hydroxyl groups is 1. The molecule has 3 atom stereocenters. The third kappa shape index (κ3) is 24.2. The van der Waals surface area contributed by atoms with Gasteiger partial charge in [0.15, 0.2) is 17.3 Å². The number of ether oxygens (including phenoxy) is 4. The highest BCUT2D eigenvalue weighted by Gasteiger charge is 2.60. The Morgan fingerprint density at radius 1 is 0.553 bits per heavy atom. The summed E-state index contributed by atoms with van der Waals surface area (Å²) in [7, 11) is -6.19. The van der Waals surface area contributed by atoms with Crippen molar-refractivity contribution in [2.24, 2.45) is 51.8 Å². The number of halogens is 3. The van der Waals surface area contributed by atoms with Crippen molar-refractivity contribution in [2.75, 3.05) is 0 Å². The SMILES string of the molecule is C.C.C.C.C.C.C.C.CCC(C)(C)C(=O)OC1(C)C2CC3CC(C2)CC1C3.CCC(C)(C)C(=O)OC12CC3CC(CC(O)(C3)C1)C2.CCC(C)(C)C(=O)Oc1ccc(OC(=O)C(F)(F)S(=O)(=O)[O-])cc1.CCC(C)c1ccc(O)cc1.c1ccc([I+]c2ccccc2)cc1. The average molecular weight is 1460 g/mol. The zero-order valence-electron chi connectivity index (χ0n) is 52.5. The third-order valence-electron chi connectivity index (χ3n) is 19.2. The summed E-state index contributed by atoms with van der Waals surface area (Å²) in [4.78, 5) is 47.8. The molecule has 0 radical (unpaired) electrons. The summed E-state index contributed by atoms with van der Waals surface area (Å²) >= 11 is 0.0287. The third-order valence-corrected chi connectivity index (χ3v) is 22.7. The molecule has 8 fully saturated rings. The zero-order valence-corrected chi connectivity index (χ0v) is 55.4. The number of phenols is 1. The Labute approximate surface area is 579 Å². The van der Waals surface area contributed by atoms with Crippen LogP contribution in [0.15, 0.2) is 109 Å². The molecular weight excluding hydrogens is 1330 g/mol. The van der Waals surface area contributed by atoms with Gasteiger partial charge in [0.1, 0.15) is 28.5 Å². The van der Waals surface area contributed by atoms with E-state index in [9.17, 15) is 46.0 Å². The summed E-state index contributed by atoms with van der Waals surface area (Å²) in [6.45, 7) is 23.7. The van der Waals surface area contributed by atoms with Crippen LogP contribution in [-0.2, 0) is 38.8 Å². The molecule has 4 aromatic rings. The second-order valence-corrected chi connectivity index (χ2v) is 31.6. The maximum Gasteiger partial charge on any atom is 0.429 e. The molecule has 4 aromatic carbocycles. The minimum Gasteiger partial charge on any atom is -0.743 e. The van der Waals surface area contributed by atoms with Gasteiger partial charge in [-0.05, 0) is 246 Å². The van der Waals surface area contributed by atoms with E-state index in [4.69, 9.17) is 19.3 Å². The molecule has 0 aromatic heterocycles. The van der Waals surface area contributed by atoms with Gasteiger partial charge >= 0.3 is 50.3 Å². The lowest BCUT2D eigenvalue weighted by molar-refractivity contribution is -0.597. The smallest absolute Gasteiger partial charge is 0.429 e. The molecule has 8 aliphatic rings. The van der Waals surface area contributed by atoms with Crippen LogP contribution >= 0.6 is 0 Å². The van der Waals surface area contributed by atoms with Crippen LogP contribution in [0, 0.1) is 58.9 Å². The molecule has 0 aliphatic heterocycles. The Morgan fingerprint density at radius 3 is 1.28 bits per heavy atom. The Kier molecular flexibility index (Phi) is 37.9. The van der Waals surface area contributed by atoms with Crippen molar-refractivity contribution in [1.82, 2.24) is 0 Å². The molecule has 8 aliphatic carbocycles. The molecule has 0 amide bonds. The first-order valence-corrected chi connectivity index (χ1v) is 34.3. The minimum absolute atomic E-state index is 0. The standard InChI is InChI=1S/C17H28O2.C16H26O3.C14H16F2O7S.C12H10I.C10H14O.8CH4/c1-5-16(2,3)15(18)19-17(4)13-7-11-6-12(9-13)10-14(17)8-11;1-4-14(2,3)13(17)19-16-8-11-5-12(9-16)7-15(18,6-11)10-16;1-4-13(2,3)11(17)22-9-5-7-10(8-6-9)23-12(18)14(15,16)24(19,20)21;1-3-7-11(8-4-1)13-12-9-5-2-6-10-12;1-3-8(2)9-4-6-10(11)7-5-9;;;;;;;;/h11-14H,5-10H2,1-4H3;11-12,18H,4-10H2,1-3H3;5-8H,4H2,1-3H3,(H,19,20,21);1-10H;4-8,11H,3H2,1-2H3;8*1H4/q;;;+1;;;;;;;;;/p-1.